The average molecular weight is 298 g/mol. The van der Waals surface area contributed by atoms with Crippen molar-refractivity contribution in [2.45, 2.75) is 20.4 Å². The quantitative estimate of drug-likeness (QED) is 0.910. The van der Waals surface area contributed by atoms with E-state index in [0.717, 1.165) is 22.6 Å². The molecule has 90 valence electrons. The highest BCUT2D eigenvalue weighted by atomic mass is 79.9. The molecule has 17 heavy (non-hydrogen) atoms. The van der Waals surface area contributed by atoms with Gasteiger partial charge < -0.3 is 10.3 Å². The second-order valence-electron chi connectivity index (χ2n) is 3.91. The van der Waals surface area contributed by atoms with Crippen molar-refractivity contribution in [3.05, 3.63) is 45.7 Å². The summed E-state index contributed by atoms with van der Waals surface area (Å²) in [6.07, 6.45) is 1.65. The van der Waals surface area contributed by atoms with Crippen molar-refractivity contribution in [2.24, 2.45) is 0 Å². The Bertz CT molecular complexity index is 537. The predicted molar refractivity (Wildman–Crippen MR) is 69.5 cm³/mol. The van der Waals surface area contributed by atoms with Gasteiger partial charge in [-0.2, -0.15) is 0 Å². The number of anilines is 1. The van der Waals surface area contributed by atoms with Crippen LogP contribution in [0.25, 0.3) is 0 Å². The minimum Gasteiger partial charge on any atom is -0.379 e. The van der Waals surface area contributed by atoms with Gasteiger partial charge in [-0.05, 0) is 47.5 Å². The number of aryl methyl sites for hydroxylation is 2. The molecule has 0 saturated heterocycles. The van der Waals surface area contributed by atoms with Gasteiger partial charge in [0.2, 0.25) is 0 Å². The second-order valence-corrected chi connectivity index (χ2v) is 4.76. The maximum atomic E-state index is 13.4. The number of benzene rings is 1. The molecule has 0 atom stereocenters. The molecule has 1 aromatic heterocycles. The zero-order valence-electron chi connectivity index (χ0n) is 9.64. The van der Waals surface area contributed by atoms with Crippen LogP contribution >= 0.6 is 15.9 Å². The molecule has 0 aliphatic rings. The standard InChI is InChI=1S/C12H13BrFN3/c1-7-3-9(13)10(14)4-11(7)15-5-12-8(2)16-6-17-12/h3-4,6,15H,5H2,1-2H3,(H,16,17). The number of aromatic nitrogens is 2. The van der Waals surface area contributed by atoms with E-state index in [1.165, 1.54) is 6.07 Å². The Morgan fingerprint density at radius 3 is 2.82 bits per heavy atom. The van der Waals surface area contributed by atoms with Gasteiger partial charge in [0.1, 0.15) is 5.82 Å². The first-order valence-electron chi connectivity index (χ1n) is 5.26. The molecule has 0 fully saturated rings. The number of nitrogens with zero attached hydrogens (tertiary/aromatic N) is 1. The summed E-state index contributed by atoms with van der Waals surface area (Å²) in [7, 11) is 0. The fourth-order valence-corrected chi connectivity index (χ4v) is 2.04. The van der Waals surface area contributed by atoms with E-state index < -0.39 is 0 Å². The van der Waals surface area contributed by atoms with Crippen molar-refractivity contribution in [3.63, 3.8) is 0 Å². The van der Waals surface area contributed by atoms with Crippen LogP contribution in [0.4, 0.5) is 10.1 Å². The van der Waals surface area contributed by atoms with Crippen LogP contribution in [0.1, 0.15) is 17.0 Å². The van der Waals surface area contributed by atoms with Crippen LogP contribution in [-0.2, 0) is 6.54 Å². The summed E-state index contributed by atoms with van der Waals surface area (Å²) in [5.41, 5.74) is 3.74. The van der Waals surface area contributed by atoms with E-state index in [0.29, 0.717) is 11.0 Å². The number of rotatable bonds is 3. The molecule has 5 heteroatoms. The summed E-state index contributed by atoms with van der Waals surface area (Å²) < 4.78 is 13.9. The van der Waals surface area contributed by atoms with E-state index in [4.69, 9.17) is 0 Å². The maximum Gasteiger partial charge on any atom is 0.139 e. The molecule has 0 spiro atoms. The summed E-state index contributed by atoms with van der Waals surface area (Å²) in [6, 6.07) is 3.25. The molecule has 0 amide bonds. The third-order valence-electron chi connectivity index (χ3n) is 2.65. The summed E-state index contributed by atoms with van der Waals surface area (Å²) in [6.45, 7) is 4.47. The van der Waals surface area contributed by atoms with Crippen molar-refractivity contribution < 1.29 is 4.39 Å². The highest BCUT2D eigenvalue weighted by Gasteiger charge is 2.06. The molecule has 2 N–H and O–H groups in total. The van der Waals surface area contributed by atoms with E-state index in [1.807, 2.05) is 13.8 Å². The van der Waals surface area contributed by atoms with Gasteiger partial charge in [-0.3, -0.25) is 0 Å². The number of halogens is 2. The summed E-state index contributed by atoms with van der Waals surface area (Å²) >= 11 is 3.16. The SMILES string of the molecule is Cc1cc(Br)c(F)cc1NCc1nc[nH]c1C. The van der Waals surface area contributed by atoms with Crippen LogP contribution < -0.4 is 5.32 Å². The molecule has 3 nitrogen and oxygen atoms in total. The Labute approximate surface area is 108 Å². The molecule has 2 rings (SSSR count). The van der Waals surface area contributed by atoms with Crippen LogP contribution in [0.5, 0.6) is 0 Å². The third kappa shape index (κ3) is 2.66. The van der Waals surface area contributed by atoms with Crippen LogP contribution in [0, 0.1) is 19.7 Å². The van der Waals surface area contributed by atoms with E-state index in [9.17, 15) is 4.39 Å². The number of nitrogens with one attached hydrogen (secondary N) is 2. The van der Waals surface area contributed by atoms with Crippen LogP contribution in [0.2, 0.25) is 0 Å². The van der Waals surface area contributed by atoms with Gasteiger partial charge in [0.25, 0.3) is 0 Å². The lowest BCUT2D eigenvalue weighted by Crippen LogP contribution is -2.03. The smallest absolute Gasteiger partial charge is 0.139 e. The van der Waals surface area contributed by atoms with Gasteiger partial charge in [-0.25, -0.2) is 9.37 Å². The Morgan fingerprint density at radius 2 is 2.18 bits per heavy atom. The van der Waals surface area contributed by atoms with E-state index >= 15 is 0 Å². The lowest BCUT2D eigenvalue weighted by Gasteiger charge is -2.09. The molecule has 0 radical (unpaired) electrons. The number of hydrogen-bond donors (Lipinski definition) is 2. The average Bonchev–Trinajstić information content (AvgIpc) is 2.68. The van der Waals surface area contributed by atoms with Crippen molar-refractivity contribution >= 4 is 21.6 Å². The van der Waals surface area contributed by atoms with Crippen molar-refractivity contribution in [1.82, 2.24) is 9.97 Å². The Kier molecular flexibility index (Phi) is 3.47. The highest BCUT2D eigenvalue weighted by molar-refractivity contribution is 9.10. The molecule has 2 aromatic rings. The first kappa shape index (κ1) is 12.1. The topological polar surface area (TPSA) is 40.7 Å². The summed E-state index contributed by atoms with van der Waals surface area (Å²) in [5.74, 6) is -0.267. The van der Waals surface area contributed by atoms with E-state index in [-0.39, 0.29) is 5.82 Å². The zero-order valence-corrected chi connectivity index (χ0v) is 11.2. The van der Waals surface area contributed by atoms with Crippen molar-refractivity contribution in [3.8, 4) is 0 Å². The molecule has 0 aliphatic heterocycles. The van der Waals surface area contributed by atoms with Gasteiger partial charge in [0.05, 0.1) is 23.0 Å². The lowest BCUT2D eigenvalue weighted by atomic mass is 10.2. The van der Waals surface area contributed by atoms with Gasteiger partial charge in [-0.1, -0.05) is 0 Å². The fourth-order valence-electron chi connectivity index (χ4n) is 1.58. The highest BCUT2D eigenvalue weighted by Crippen LogP contribution is 2.24. The summed E-state index contributed by atoms with van der Waals surface area (Å²) in [4.78, 5) is 7.19. The number of H-pyrrole nitrogens is 1. The molecule has 0 bridgehead atoms. The largest absolute Gasteiger partial charge is 0.379 e. The lowest BCUT2D eigenvalue weighted by molar-refractivity contribution is 0.621. The summed E-state index contributed by atoms with van der Waals surface area (Å²) in [5, 5.41) is 3.18. The Hall–Kier alpha value is -1.36. The number of hydrogen-bond acceptors (Lipinski definition) is 2. The van der Waals surface area contributed by atoms with Gasteiger partial charge in [-0.15, -0.1) is 0 Å². The first-order valence-corrected chi connectivity index (χ1v) is 6.05. The predicted octanol–water partition coefficient (Wildman–Crippen LogP) is 3.54. The number of imidazole rings is 1. The molecular weight excluding hydrogens is 285 g/mol. The van der Waals surface area contributed by atoms with Gasteiger partial charge in [0.15, 0.2) is 0 Å². The molecular formula is C12H13BrFN3. The first-order chi connectivity index (χ1) is 8.08. The minimum atomic E-state index is -0.267. The van der Waals surface area contributed by atoms with E-state index in [2.05, 4.69) is 31.2 Å². The molecule has 0 saturated carbocycles. The maximum absolute atomic E-state index is 13.4. The van der Waals surface area contributed by atoms with Crippen molar-refractivity contribution in [2.75, 3.05) is 5.32 Å². The van der Waals surface area contributed by atoms with Gasteiger partial charge >= 0.3 is 0 Å². The third-order valence-corrected chi connectivity index (χ3v) is 3.26. The normalized spacial score (nSPS) is 10.6. The Balaban J connectivity index is 2.14. The van der Waals surface area contributed by atoms with Gasteiger partial charge in [0, 0.05) is 11.4 Å². The number of aromatic amines is 1. The van der Waals surface area contributed by atoms with Crippen LogP contribution in [0.3, 0.4) is 0 Å². The zero-order chi connectivity index (χ0) is 12.4. The molecule has 0 unspecified atom stereocenters. The Morgan fingerprint density at radius 1 is 1.41 bits per heavy atom. The molecule has 1 heterocycles. The van der Waals surface area contributed by atoms with E-state index in [1.54, 1.807) is 12.4 Å². The van der Waals surface area contributed by atoms with Crippen LogP contribution in [0.15, 0.2) is 22.9 Å². The second kappa shape index (κ2) is 4.87. The minimum absolute atomic E-state index is 0.267. The monoisotopic (exact) mass is 297 g/mol. The fraction of sp³-hybridized carbons (Fsp3) is 0.250. The van der Waals surface area contributed by atoms with Crippen LogP contribution in [-0.4, -0.2) is 9.97 Å². The molecule has 0 aliphatic carbocycles. The van der Waals surface area contributed by atoms with Crippen molar-refractivity contribution in [1.29, 1.82) is 0 Å². The molecule has 1 aromatic carbocycles.